The molecule has 0 radical (unpaired) electrons. The minimum absolute atomic E-state index is 0.112. The van der Waals surface area contributed by atoms with Crippen molar-refractivity contribution >= 4 is 11.7 Å². The summed E-state index contributed by atoms with van der Waals surface area (Å²) in [4.78, 5) is 16.6. The molecule has 104 valence electrons. The van der Waals surface area contributed by atoms with Crippen molar-refractivity contribution in [3.8, 4) is 0 Å². The van der Waals surface area contributed by atoms with Crippen LogP contribution >= 0.6 is 0 Å². The molecule has 1 aromatic carbocycles. The highest BCUT2D eigenvalue weighted by Crippen LogP contribution is 2.14. The van der Waals surface area contributed by atoms with E-state index in [0.29, 0.717) is 11.4 Å². The number of carbonyl (C=O) groups is 1. The van der Waals surface area contributed by atoms with Gasteiger partial charge in [-0.2, -0.15) is 0 Å². The van der Waals surface area contributed by atoms with Crippen LogP contribution in [0.2, 0.25) is 0 Å². The lowest BCUT2D eigenvalue weighted by Crippen LogP contribution is -2.18. The van der Waals surface area contributed by atoms with Gasteiger partial charge >= 0.3 is 0 Å². The molecular weight excluding hydrogens is 250 g/mol. The summed E-state index contributed by atoms with van der Waals surface area (Å²) in [5, 5.41) is 5.97. The number of likely N-dealkylation sites (N-methyl/N-ethyl adjacent to an activating group) is 1. The van der Waals surface area contributed by atoms with Crippen molar-refractivity contribution in [2.45, 2.75) is 13.3 Å². The molecule has 0 aliphatic heterocycles. The zero-order valence-corrected chi connectivity index (χ0v) is 11.8. The van der Waals surface area contributed by atoms with Crippen LogP contribution in [0.5, 0.6) is 0 Å². The van der Waals surface area contributed by atoms with Crippen molar-refractivity contribution < 1.29 is 4.79 Å². The van der Waals surface area contributed by atoms with Gasteiger partial charge in [-0.15, -0.1) is 0 Å². The second kappa shape index (κ2) is 6.82. The van der Waals surface area contributed by atoms with Gasteiger partial charge in [0.05, 0.1) is 0 Å². The first-order valence-corrected chi connectivity index (χ1v) is 6.68. The van der Waals surface area contributed by atoms with Gasteiger partial charge in [0.1, 0.15) is 5.82 Å². The van der Waals surface area contributed by atoms with Crippen molar-refractivity contribution in [3.05, 3.63) is 59.3 Å². The monoisotopic (exact) mass is 269 g/mol. The van der Waals surface area contributed by atoms with E-state index in [1.807, 2.05) is 50.4 Å². The average molecular weight is 269 g/mol. The fraction of sp³-hybridized carbons (Fsp3) is 0.250. The summed E-state index contributed by atoms with van der Waals surface area (Å²) in [5.74, 6) is 0.499. The van der Waals surface area contributed by atoms with Crippen LogP contribution in [0.15, 0.2) is 42.6 Å². The quantitative estimate of drug-likeness (QED) is 0.876. The number of pyridine rings is 1. The lowest BCUT2D eigenvalue weighted by atomic mass is 10.0. The van der Waals surface area contributed by atoms with Crippen LogP contribution in [0.1, 0.15) is 21.5 Å². The molecular formula is C16H19N3O. The first-order chi connectivity index (χ1) is 9.72. The number of hydrogen-bond acceptors (Lipinski definition) is 3. The molecule has 0 aliphatic rings. The fourth-order valence-electron chi connectivity index (χ4n) is 2.01. The Labute approximate surface area is 119 Å². The lowest BCUT2D eigenvalue weighted by Gasteiger charge is -2.10. The first-order valence-electron chi connectivity index (χ1n) is 6.68. The number of carbonyl (C=O) groups excluding carboxylic acids is 1. The molecule has 0 saturated heterocycles. The summed E-state index contributed by atoms with van der Waals surface area (Å²) >= 11 is 0. The summed E-state index contributed by atoms with van der Waals surface area (Å²) in [5.41, 5.74) is 2.69. The second-order valence-corrected chi connectivity index (χ2v) is 4.63. The Bertz CT molecular complexity index is 596. The van der Waals surface area contributed by atoms with Crippen LogP contribution in [-0.2, 0) is 6.42 Å². The van der Waals surface area contributed by atoms with Crippen LogP contribution in [0.3, 0.4) is 0 Å². The van der Waals surface area contributed by atoms with E-state index in [-0.39, 0.29) is 5.91 Å². The molecule has 0 aliphatic carbocycles. The van der Waals surface area contributed by atoms with Crippen molar-refractivity contribution in [1.82, 2.24) is 10.3 Å². The van der Waals surface area contributed by atoms with Crippen LogP contribution in [0, 0.1) is 6.92 Å². The first kappa shape index (κ1) is 14.2. The molecule has 0 bridgehead atoms. The largest absolute Gasteiger partial charge is 0.319 e. The van der Waals surface area contributed by atoms with Gasteiger partial charge in [-0.1, -0.05) is 24.3 Å². The Morgan fingerprint density at radius 2 is 2.00 bits per heavy atom. The van der Waals surface area contributed by atoms with E-state index >= 15 is 0 Å². The second-order valence-electron chi connectivity index (χ2n) is 4.63. The number of nitrogens with one attached hydrogen (secondary N) is 2. The maximum absolute atomic E-state index is 12.4. The highest BCUT2D eigenvalue weighted by atomic mass is 16.1. The van der Waals surface area contributed by atoms with E-state index < -0.39 is 0 Å². The zero-order chi connectivity index (χ0) is 14.4. The highest BCUT2D eigenvalue weighted by Gasteiger charge is 2.12. The van der Waals surface area contributed by atoms with Gasteiger partial charge in [0.15, 0.2) is 0 Å². The normalized spacial score (nSPS) is 10.3. The van der Waals surface area contributed by atoms with Crippen LogP contribution in [-0.4, -0.2) is 24.5 Å². The molecule has 2 N–H and O–H groups in total. The molecule has 0 saturated carbocycles. The number of aryl methyl sites for hydroxylation is 1. The van der Waals surface area contributed by atoms with Gasteiger partial charge in [0.2, 0.25) is 0 Å². The van der Waals surface area contributed by atoms with Crippen molar-refractivity contribution in [3.63, 3.8) is 0 Å². The Morgan fingerprint density at radius 1 is 1.20 bits per heavy atom. The molecule has 4 heteroatoms. The van der Waals surface area contributed by atoms with Gasteiger partial charge < -0.3 is 10.6 Å². The SMILES string of the molecule is CNCCc1ccccc1C(=O)Nc1ncccc1C. The number of rotatable bonds is 5. The molecule has 20 heavy (non-hydrogen) atoms. The summed E-state index contributed by atoms with van der Waals surface area (Å²) in [6.45, 7) is 2.77. The molecule has 1 amide bonds. The fourth-order valence-corrected chi connectivity index (χ4v) is 2.01. The summed E-state index contributed by atoms with van der Waals surface area (Å²) in [7, 11) is 1.90. The molecule has 0 atom stereocenters. The van der Waals surface area contributed by atoms with Crippen molar-refractivity contribution in [2.75, 3.05) is 18.9 Å². The van der Waals surface area contributed by atoms with E-state index in [1.54, 1.807) is 6.20 Å². The molecule has 1 heterocycles. The third-order valence-electron chi connectivity index (χ3n) is 3.15. The van der Waals surface area contributed by atoms with E-state index in [0.717, 1.165) is 24.1 Å². The van der Waals surface area contributed by atoms with Crippen molar-refractivity contribution in [2.24, 2.45) is 0 Å². The number of hydrogen-bond donors (Lipinski definition) is 2. The van der Waals surface area contributed by atoms with Gasteiger partial charge in [-0.3, -0.25) is 4.79 Å². The molecule has 0 fully saturated rings. The maximum Gasteiger partial charge on any atom is 0.257 e. The standard InChI is InChI=1S/C16H19N3O/c1-12-6-5-10-18-15(12)19-16(20)14-8-4-3-7-13(14)9-11-17-2/h3-8,10,17H,9,11H2,1-2H3,(H,18,19,20). The minimum atomic E-state index is -0.112. The third kappa shape index (κ3) is 3.42. The van der Waals surface area contributed by atoms with Crippen molar-refractivity contribution in [1.29, 1.82) is 0 Å². The Kier molecular flexibility index (Phi) is 4.85. The topological polar surface area (TPSA) is 54.0 Å². The van der Waals surface area contributed by atoms with Crippen LogP contribution in [0.25, 0.3) is 0 Å². The predicted octanol–water partition coefficient (Wildman–Crippen LogP) is 2.40. The number of aromatic nitrogens is 1. The third-order valence-corrected chi connectivity index (χ3v) is 3.15. The predicted molar refractivity (Wildman–Crippen MR) is 81.0 cm³/mol. The summed E-state index contributed by atoms with van der Waals surface area (Å²) < 4.78 is 0. The number of nitrogens with zero attached hydrogens (tertiary/aromatic N) is 1. The number of anilines is 1. The molecule has 2 rings (SSSR count). The Morgan fingerprint density at radius 3 is 2.75 bits per heavy atom. The van der Waals surface area contributed by atoms with E-state index in [4.69, 9.17) is 0 Å². The van der Waals surface area contributed by atoms with Crippen LogP contribution in [0.4, 0.5) is 5.82 Å². The van der Waals surface area contributed by atoms with Gasteiger partial charge in [0.25, 0.3) is 5.91 Å². The summed E-state index contributed by atoms with van der Waals surface area (Å²) in [6, 6.07) is 11.4. The van der Waals surface area contributed by atoms with E-state index in [1.165, 1.54) is 0 Å². The Hall–Kier alpha value is -2.20. The number of benzene rings is 1. The van der Waals surface area contributed by atoms with Gasteiger partial charge in [0, 0.05) is 11.8 Å². The maximum atomic E-state index is 12.4. The molecule has 0 spiro atoms. The average Bonchev–Trinajstić information content (AvgIpc) is 2.47. The van der Waals surface area contributed by atoms with Gasteiger partial charge in [-0.25, -0.2) is 4.98 Å². The lowest BCUT2D eigenvalue weighted by molar-refractivity contribution is 0.102. The number of amides is 1. The molecule has 4 nitrogen and oxygen atoms in total. The molecule has 0 unspecified atom stereocenters. The van der Waals surface area contributed by atoms with E-state index in [9.17, 15) is 4.79 Å². The van der Waals surface area contributed by atoms with Crippen LogP contribution < -0.4 is 10.6 Å². The zero-order valence-electron chi connectivity index (χ0n) is 11.8. The van der Waals surface area contributed by atoms with Gasteiger partial charge in [-0.05, 0) is 50.2 Å². The van der Waals surface area contributed by atoms with E-state index in [2.05, 4.69) is 15.6 Å². The molecule has 2 aromatic rings. The molecule has 1 aromatic heterocycles. The summed E-state index contributed by atoms with van der Waals surface area (Å²) in [6.07, 6.45) is 2.50. The Balaban J connectivity index is 2.19. The minimum Gasteiger partial charge on any atom is -0.319 e. The smallest absolute Gasteiger partial charge is 0.257 e. The highest BCUT2D eigenvalue weighted by molar-refractivity contribution is 6.05.